The fraction of sp³-hybridized carbons (Fsp3) is 0.308. The van der Waals surface area contributed by atoms with Crippen molar-refractivity contribution in [3.63, 3.8) is 0 Å². The van der Waals surface area contributed by atoms with Gasteiger partial charge in [0.25, 0.3) is 5.91 Å². The van der Waals surface area contributed by atoms with Crippen LogP contribution in [0, 0.1) is 0 Å². The minimum Gasteiger partial charge on any atom is -0.475 e. The third kappa shape index (κ3) is 2.87. The van der Waals surface area contributed by atoms with Crippen LogP contribution in [0.25, 0.3) is 0 Å². The molecular formula is C13H15N3O4. The van der Waals surface area contributed by atoms with E-state index in [2.05, 4.69) is 10.4 Å². The van der Waals surface area contributed by atoms with Crippen molar-refractivity contribution in [3.05, 3.63) is 41.1 Å². The summed E-state index contributed by atoms with van der Waals surface area (Å²) >= 11 is 0. The lowest BCUT2D eigenvalue weighted by molar-refractivity contribution is 0.0660. The van der Waals surface area contributed by atoms with Gasteiger partial charge in [-0.25, -0.2) is 4.79 Å². The molecule has 2 aromatic rings. The van der Waals surface area contributed by atoms with Gasteiger partial charge in [-0.2, -0.15) is 5.10 Å². The zero-order valence-corrected chi connectivity index (χ0v) is 11.2. The number of nitrogens with one attached hydrogen (secondary N) is 1. The van der Waals surface area contributed by atoms with Crippen LogP contribution in [-0.2, 0) is 20.0 Å². The molecule has 0 unspecified atom stereocenters. The fourth-order valence-electron chi connectivity index (χ4n) is 1.84. The van der Waals surface area contributed by atoms with Crippen LogP contribution in [0.1, 0.15) is 39.3 Å². The van der Waals surface area contributed by atoms with E-state index >= 15 is 0 Å². The molecule has 0 aliphatic rings. The number of aromatic carboxylic acids is 1. The topological polar surface area (TPSA) is 97.4 Å². The number of carbonyl (C=O) groups is 2. The molecule has 7 nitrogen and oxygen atoms in total. The van der Waals surface area contributed by atoms with Gasteiger partial charge in [-0.15, -0.1) is 0 Å². The summed E-state index contributed by atoms with van der Waals surface area (Å²) in [4.78, 5) is 22.7. The van der Waals surface area contributed by atoms with E-state index in [9.17, 15) is 9.59 Å². The molecule has 0 saturated heterocycles. The van der Waals surface area contributed by atoms with Gasteiger partial charge in [0.05, 0.1) is 17.8 Å². The second-order valence-electron chi connectivity index (χ2n) is 4.27. The molecule has 0 saturated carbocycles. The maximum atomic E-state index is 12.0. The van der Waals surface area contributed by atoms with Crippen molar-refractivity contribution in [3.8, 4) is 0 Å². The van der Waals surface area contributed by atoms with Gasteiger partial charge >= 0.3 is 5.97 Å². The van der Waals surface area contributed by atoms with Gasteiger partial charge in [0, 0.05) is 13.2 Å². The Bertz CT molecular complexity index is 642. The van der Waals surface area contributed by atoms with Gasteiger partial charge in [0.2, 0.25) is 5.76 Å². The molecule has 0 atom stereocenters. The van der Waals surface area contributed by atoms with E-state index < -0.39 is 5.97 Å². The van der Waals surface area contributed by atoms with Crippen LogP contribution < -0.4 is 5.32 Å². The van der Waals surface area contributed by atoms with Crippen molar-refractivity contribution in [2.75, 3.05) is 0 Å². The number of carboxylic acids is 1. The molecule has 0 aliphatic carbocycles. The zero-order valence-electron chi connectivity index (χ0n) is 11.2. The number of rotatable bonds is 5. The summed E-state index contributed by atoms with van der Waals surface area (Å²) in [6.45, 7) is 2.05. The normalized spacial score (nSPS) is 10.5. The molecule has 106 valence electrons. The first-order chi connectivity index (χ1) is 9.51. The lowest BCUT2D eigenvalue weighted by Gasteiger charge is -2.02. The van der Waals surface area contributed by atoms with Crippen molar-refractivity contribution >= 4 is 11.9 Å². The van der Waals surface area contributed by atoms with Gasteiger partial charge < -0.3 is 14.8 Å². The summed E-state index contributed by atoms with van der Waals surface area (Å²) in [5.74, 6) is -1.16. The third-order valence-corrected chi connectivity index (χ3v) is 2.78. The Kier molecular flexibility index (Phi) is 3.88. The van der Waals surface area contributed by atoms with Crippen LogP contribution in [0.5, 0.6) is 0 Å². The highest BCUT2D eigenvalue weighted by molar-refractivity contribution is 5.95. The summed E-state index contributed by atoms with van der Waals surface area (Å²) in [6.07, 6.45) is 2.31. The molecule has 0 radical (unpaired) electrons. The molecular weight excluding hydrogens is 262 g/mol. The molecule has 2 N–H and O–H groups in total. The number of aryl methyl sites for hydroxylation is 2. The summed E-state index contributed by atoms with van der Waals surface area (Å²) < 4.78 is 6.64. The highest BCUT2D eigenvalue weighted by atomic mass is 16.4. The Hall–Kier alpha value is -2.57. The Labute approximate surface area is 115 Å². The number of hydrogen-bond donors (Lipinski definition) is 2. The SMILES string of the molecule is CCc1nn(C)cc1C(=O)NCc1ccc(C(=O)O)o1. The molecule has 7 heteroatoms. The standard InChI is InChI=1S/C13H15N3O4/c1-3-10-9(7-16(2)15-10)12(17)14-6-8-4-5-11(20-8)13(18)19/h4-5,7H,3,6H2,1-2H3,(H,14,17)(H,18,19). The summed E-state index contributed by atoms with van der Waals surface area (Å²) in [7, 11) is 1.75. The smallest absolute Gasteiger partial charge is 0.371 e. The molecule has 1 amide bonds. The number of carbonyl (C=O) groups excluding carboxylic acids is 1. The quantitative estimate of drug-likeness (QED) is 0.856. The van der Waals surface area contributed by atoms with Crippen LogP contribution in [0.4, 0.5) is 0 Å². The van der Waals surface area contributed by atoms with Crippen molar-refractivity contribution in [1.29, 1.82) is 0 Å². The Morgan fingerprint density at radius 2 is 2.20 bits per heavy atom. The van der Waals surface area contributed by atoms with Gasteiger partial charge in [-0.3, -0.25) is 9.48 Å². The molecule has 0 aliphatic heterocycles. The predicted octanol–water partition coefficient (Wildman–Crippen LogP) is 1.20. The second kappa shape index (κ2) is 5.60. The minimum absolute atomic E-state index is 0.129. The van der Waals surface area contributed by atoms with Crippen LogP contribution in [0.3, 0.4) is 0 Å². The van der Waals surface area contributed by atoms with E-state index in [1.54, 1.807) is 17.9 Å². The molecule has 0 bridgehead atoms. The Balaban J connectivity index is 2.02. The van der Waals surface area contributed by atoms with E-state index in [1.807, 2.05) is 6.92 Å². The number of furan rings is 1. The molecule has 0 aromatic carbocycles. The highest BCUT2D eigenvalue weighted by Gasteiger charge is 2.15. The first kappa shape index (κ1) is 13.9. The van der Waals surface area contributed by atoms with Crippen molar-refractivity contribution in [2.24, 2.45) is 7.05 Å². The van der Waals surface area contributed by atoms with Gasteiger partial charge in [0.15, 0.2) is 0 Å². The van der Waals surface area contributed by atoms with Crippen molar-refractivity contribution in [2.45, 2.75) is 19.9 Å². The molecule has 20 heavy (non-hydrogen) atoms. The van der Waals surface area contributed by atoms with E-state index in [4.69, 9.17) is 9.52 Å². The number of hydrogen-bond acceptors (Lipinski definition) is 4. The molecule has 0 fully saturated rings. The van der Waals surface area contributed by atoms with E-state index in [0.717, 1.165) is 5.69 Å². The van der Waals surface area contributed by atoms with Crippen LogP contribution in [-0.4, -0.2) is 26.8 Å². The summed E-state index contributed by atoms with van der Waals surface area (Å²) in [6, 6.07) is 2.87. The summed E-state index contributed by atoms with van der Waals surface area (Å²) in [5.41, 5.74) is 1.23. The molecule has 2 rings (SSSR count). The van der Waals surface area contributed by atoms with Crippen LogP contribution in [0.15, 0.2) is 22.7 Å². The number of amides is 1. The lowest BCUT2D eigenvalue weighted by atomic mass is 10.2. The maximum Gasteiger partial charge on any atom is 0.371 e. The largest absolute Gasteiger partial charge is 0.475 e. The fourth-order valence-corrected chi connectivity index (χ4v) is 1.84. The number of aromatic nitrogens is 2. The zero-order chi connectivity index (χ0) is 14.7. The molecule has 2 aromatic heterocycles. The average Bonchev–Trinajstić information content (AvgIpc) is 3.02. The second-order valence-corrected chi connectivity index (χ2v) is 4.27. The average molecular weight is 277 g/mol. The van der Waals surface area contributed by atoms with Crippen LogP contribution in [0.2, 0.25) is 0 Å². The maximum absolute atomic E-state index is 12.0. The van der Waals surface area contributed by atoms with Gasteiger partial charge in [-0.05, 0) is 18.6 Å². The highest BCUT2D eigenvalue weighted by Crippen LogP contribution is 2.10. The van der Waals surface area contributed by atoms with Gasteiger partial charge in [-0.1, -0.05) is 6.92 Å². The molecule has 0 spiro atoms. The van der Waals surface area contributed by atoms with Gasteiger partial charge in [0.1, 0.15) is 5.76 Å². The lowest BCUT2D eigenvalue weighted by Crippen LogP contribution is -2.23. The number of carboxylic acid groups (broad SMARTS) is 1. The monoisotopic (exact) mass is 277 g/mol. The first-order valence-electron chi connectivity index (χ1n) is 6.14. The Morgan fingerprint density at radius 3 is 2.80 bits per heavy atom. The van der Waals surface area contributed by atoms with Crippen molar-refractivity contribution in [1.82, 2.24) is 15.1 Å². The third-order valence-electron chi connectivity index (χ3n) is 2.78. The predicted molar refractivity (Wildman–Crippen MR) is 69.4 cm³/mol. The van der Waals surface area contributed by atoms with E-state index in [-0.39, 0.29) is 18.2 Å². The van der Waals surface area contributed by atoms with Crippen molar-refractivity contribution < 1.29 is 19.1 Å². The molecule has 2 heterocycles. The first-order valence-corrected chi connectivity index (χ1v) is 6.14. The number of nitrogens with zero attached hydrogens (tertiary/aromatic N) is 2. The minimum atomic E-state index is -1.14. The van der Waals surface area contributed by atoms with E-state index in [0.29, 0.717) is 17.7 Å². The van der Waals surface area contributed by atoms with E-state index in [1.165, 1.54) is 12.1 Å². The van der Waals surface area contributed by atoms with Crippen LogP contribution >= 0.6 is 0 Å². The Morgan fingerprint density at radius 1 is 1.45 bits per heavy atom. The summed E-state index contributed by atoms with van der Waals surface area (Å²) in [5, 5.41) is 15.6.